The van der Waals surface area contributed by atoms with E-state index in [9.17, 15) is 9.59 Å². The van der Waals surface area contributed by atoms with Crippen molar-refractivity contribution in [1.29, 1.82) is 0 Å². The number of nitrogens with two attached hydrogens (primary N) is 1. The van der Waals surface area contributed by atoms with Crippen LogP contribution in [0.3, 0.4) is 0 Å². The maximum absolute atomic E-state index is 12.2. The maximum Gasteiger partial charge on any atom is 0.314 e. The third-order valence-electron chi connectivity index (χ3n) is 5.11. The van der Waals surface area contributed by atoms with Crippen molar-refractivity contribution in [1.82, 2.24) is 15.5 Å². The number of likely N-dealkylation sites (tertiary alicyclic amines) is 1. The topological polar surface area (TPSA) is 112 Å². The van der Waals surface area contributed by atoms with Gasteiger partial charge in [0.25, 0.3) is 5.91 Å². The number of primary amides is 1. The number of benzene rings is 1. The van der Waals surface area contributed by atoms with Crippen LogP contribution in [-0.2, 0) is 4.79 Å². The van der Waals surface area contributed by atoms with Crippen molar-refractivity contribution in [2.45, 2.75) is 32.2 Å². The average Bonchev–Trinajstić information content (AvgIpc) is 2.73. The molecule has 0 saturated carbocycles. The van der Waals surface area contributed by atoms with Crippen LogP contribution in [0, 0.1) is 0 Å². The second-order valence-corrected chi connectivity index (χ2v) is 7.16. The van der Waals surface area contributed by atoms with E-state index < -0.39 is 0 Å². The van der Waals surface area contributed by atoms with Crippen molar-refractivity contribution in [3.63, 3.8) is 0 Å². The highest BCUT2D eigenvalue weighted by Crippen LogP contribution is 2.31. The Morgan fingerprint density at radius 3 is 2.79 bits per heavy atom. The summed E-state index contributed by atoms with van der Waals surface area (Å²) in [5, 5.41) is 6.70. The number of nitrogens with one attached hydrogen (secondary N) is 2. The smallest absolute Gasteiger partial charge is 0.314 e. The summed E-state index contributed by atoms with van der Waals surface area (Å²) in [5.41, 5.74) is 6.16. The third kappa shape index (κ3) is 5.52. The molecule has 3 amide bonds. The Morgan fingerprint density at radius 1 is 1.31 bits per heavy atom. The summed E-state index contributed by atoms with van der Waals surface area (Å²) in [5.74, 6) is 1.48. The highest BCUT2D eigenvalue weighted by atomic mass is 16.5. The van der Waals surface area contributed by atoms with Gasteiger partial charge in [0.15, 0.2) is 12.6 Å². The van der Waals surface area contributed by atoms with Gasteiger partial charge in [-0.05, 0) is 38.3 Å². The summed E-state index contributed by atoms with van der Waals surface area (Å²) in [6, 6.07) is 7.49. The first-order valence-electron chi connectivity index (χ1n) is 10.2. The van der Waals surface area contributed by atoms with E-state index in [2.05, 4.69) is 15.6 Å². The van der Waals surface area contributed by atoms with Crippen LogP contribution in [0.2, 0.25) is 0 Å². The van der Waals surface area contributed by atoms with Crippen molar-refractivity contribution >= 4 is 23.6 Å². The molecule has 0 aromatic heterocycles. The van der Waals surface area contributed by atoms with Crippen molar-refractivity contribution in [3.05, 3.63) is 24.3 Å². The number of ether oxygens (including phenoxy) is 1. The molecule has 0 unspecified atom stereocenters. The average molecular weight is 402 g/mol. The molecule has 0 spiro atoms. The number of aliphatic imine (C=N–C) groups is 1. The summed E-state index contributed by atoms with van der Waals surface area (Å²) in [4.78, 5) is 31.6. The number of para-hydroxylation sites is 2. The van der Waals surface area contributed by atoms with Crippen LogP contribution in [0.5, 0.6) is 5.75 Å². The fourth-order valence-corrected chi connectivity index (χ4v) is 3.58. The first-order valence-corrected chi connectivity index (χ1v) is 10.2. The Hall–Kier alpha value is -2.97. The van der Waals surface area contributed by atoms with Gasteiger partial charge < -0.3 is 30.9 Å². The molecule has 4 N–H and O–H groups in total. The van der Waals surface area contributed by atoms with Crippen molar-refractivity contribution < 1.29 is 14.3 Å². The molecule has 0 aliphatic carbocycles. The lowest BCUT2D eigenvalue weighted by Gasteiger charge is -2.32. The van der Waals surface area contributed by atoms with E-state index in [1.807, 2.05) is 31.2 Å². The first-order chi connectivity index (χ1) is 14.1. The van der Waals surface area contributed by atoms with E-state index in [4.69, 9.17) is 10.5 Å². The Labute approximate surface area is 171 Å². The molecule has 158 valence electrons. The monoisotopic (exact) mass is 402 g/mol. The largest absolute Gasteiger partial charge is 0.482 e. The van der Waals surface area contributed by atoms with E-state index in [1.54, 1.807) is 9.80 Å². The molecule has 1 aromatic rings. The summed E-state index contributed by atoms with van der Waals surface area (Å²) >= 11 is 0. The Bertz CT molecular complexity index is 745. The molecule has 1 fully saturated rings. The lowest BCUT2D eigenvalue weighted by molar-refractivity contribution is -0.121. The van der Waals surface area contributed by atoms with Gasteiger partial charge in [-0.25, -0.2) is 4.79 Å². The molecule has 29 heavy (non-hydrogen) atoms. The highest BCUT2D eigenvalue weighted by Gasteiger charge is 2.24. The van der Waals surface area contributed by atoms with E-state index in [-0.39, 0.29) is 24.6 Å². The zero-order chi connectivity index (χ0) is 20.6. The zero-order valence-electron chi connectivity index (χ0n) is 16.9. The fraction of sp³-hybridized carbons (Fsp3) is 0.550. The van der Waals surface area contributed by atoms with Crippen molar-refractivity contribution in [3.8, 4) is 5.75 Å². The van der Waals surface area contributed by atoms with Gasteiger partial charge in [0.1, 0.15) is 5.75 Å². The van der Waals surface area contributed by atoms with Gasteiger partial charge in [-0.2, -0.15) is 0 Å². The summed E-state index contributed by atoms with van der Waals surface area (Å²) in [6.07, 6.45) is 2.43. The van der Waals surface area contributed by atoms with Gasteiger partial charge in [-0.1, -0.05) is 12.1 Å². The quantitative estimate of drug-likeness (QED) is 0.372. The highest BCUT2D eigenvalue weighted by molar-refractivity contribution is 5.97. The van der Waals surface area contributed by atoms with Crippen LogP contribution in [0.4, 0.5) is 10.5 Å². The SMILES string of the molecule is CCNC(=NCCCN1C(=O)COc2ccccc21)NC1CCN(C(N)=O)CC1. The van der Waals surface area contributed by atoms with Crippen molar-refractivity contribution in [2.24, 2.45) is 10.7 Å². The van der Waals surface area contributed by atoms with Crippen LogP contribution in [0.1, 0.15) is 26.2 Å². The number of urea groups is 1. The molecule has 0 bridgehead atoms. The number of rotatable bonds is 6. The number of guanidine groups is 1. The fourth-order valence-electron chi connectivity index (χ4n) is 3.58. The second-order valence-electron chi connectivity index (χ2n) is 7.16. The molecule has 1 saturated heterocycles. The lowest BCUT2D eigenvalue weighted by Crippen LogP contribution is -2.50. The number of hydrogen-bond acceptors (Lipinski definition) is 4. The van der Waals surface area contributed by atoms with Gasteiger partial charge in [0.2, 0.25) is 0 Å². The second kappa shape index (κ2) is 9.99. The van der Waals surface area contributed by atoms with Gasteiger partial charge >= 0.3 is 6.03 Å². The first kappa shape index (κ1) is 20.8. The van der Waals surface area contributed by atoms with Crippen LogP contribution in [-0.4, -0.2) is 68.2 Å². The minimum atomic E-state index is -0.358. The number of anilines is 1. The number of hydrogen-bond donors (Lipinski definition) is 3. The third-order valence-corrected chi connectivity index (χ3v) is 5.11. The predicted molar refractivity (Wildman–Crippen MR) is 112 cm³/mol. The zero-order valence-corrected chi connectivity index (χ0v) is 16.9. The lowest BCUT2D eigenvalue weighted by atomic mass is 10.1. The Morgan fingerprint density at radius 2 is 2.07 bits per heavy atom. The number of carbonyl (C=O) groups is 2. The van der Waals surface area contributed by atoms with E-state index in [1.165, 1.54) is 0 Å². The minimum Gasteiger partial charge on any atom is -0.482 e. The number of amides is 3. The Kier molecular flexibility index (Phi) is 7.15. The summed E-state index contributed by atoms with van der Waals surface area (Å²) in [7, 11) is 0. The molecule has 0 radical (unpaired) electrons. The van der Waals surface area contributed by atoms with E-state index >= 15 is 0 Å². The van der Waals surface area contributed by atoms with Crippen molar-refractivity contribution in [2.75, 3.05) is 44.2 Å². The molecular weight excluding hydrogens is 372 g/mol. The molecule has 3 rings (SSSR count). The molecule has 2 heterocycles. The molecule has 2 aliphatic heterocycles. The molecule has 9 heteroatoms. The molecule has 9 nitrogen and oxygen atoms in total. The van der Waals surface area contributed by atoms with E-state index in [0.29, 0.717) is 26.2 Å². The molecule has 0 atom stereocenters. The van der Waals surface area contributed by atoms with Gasteiger partial charge in [-0.15, -0.1) is 0 Å². The molecule has 2 aliphatic rings. The molecule has 1 aromatic carbocycles. The maximum atomic E-state index is 12.2. The number of carbonyl (C=O) groups excluding carboxylic acids is 2. The number of piperidine rings is 1. The number of fused-ring (bicyclic) bond motifs is 1. The van der Waals surface area contributed by atoms with Crippen LogP contribution in [0.25, 0.3) is 0 Å². The van der Waals surface area contributed by atoms with Crippen LogP contribution < -0.4 is 26.0 Å². The number of nitrogens with zero attached hydrogens (tertiary/aromatic N) is 3. The van der Waals surface area contributed by atoms with Crippen LogP contribution >= 0.6 is 0 Å². The summed E-state index contributed by atoms with van der Waals surface area (Å²) in [6.45, 7) is 5.38. The van der Waals surface area contributed by atoms with Gasteiger partial charge in [0, 0.05) is 38.8 Å². The van der Waals surface area contributed by atoms with Gasteiger partial charge in [-0.3, -0.25) is 9.79 Å². The Balaban J connectivity index is 1.50. The standard InChI is InChI=1S/C20H30N6O3/c1-2-22-20(24-15-8-12-25(13-9-15)19(21)28)23-10-5-11-26-16-6-3-4-7-17(16)29-14-18(26)27/h3-4,6-7,15H,2,5,8-14H2,1H3,(H2,21,28)(H2,22,23,24). The minimum absolute atomic E-state index is 0.0288. The van der Waals surface area contributed by atoms with E-state index in [0.717, 1.165) is 43.2 Å². The normalized spacial score (nSPS) is 17.6. The summed E-state index contributed by atoms with van der Waals surface area (Å²) < 4.78 is 5.48. The molecular formula is C20H30N6O3. The predicted octanol–water partition coefficient (Wildman–Crippen LogP) is 0.900. The van der Waals surface area contributed by atoms with Crippen LogP contribution in [0.15, 0.2) is 29.3 Å². The van der Waals surface area contributed by atoms with Gasteiger partial charge in [0.05, 0.1) is 5.69 Å².